The average molecular weight is 317 g/mol. The number of carbonyl (C=O) groups is 1. The van der Waals surface area contributed by atoms with E-state index in [0.717, 1.165) is 24.0 Å². The van der Waals surface area contributed by atoms with Crippen molar-refractivity contribution in [2.75, 3.05) is 23.9 Å². The third-order valence-electron chi connectivity index (χ3n) is 3.24. The molecule has 0 aliphatic heterocycles. The Kier molecular flexibility index (Phi) is 3.97. The number of rotatable bonds is 5. The smallest absolute Gasteiger partial charge is 0.263 e. The Bertz CT molecular complexity index is 637. The Morgan fingerprint density at radius 3 is 2.55 bits per heavy atom. The molecule has 0 spiro atoms. The predicted octanol–water partition coefficient (Wildman–Crippen LogP) is 1.30. The minimum absolute atomic E-state index is 0.0410. The molecular formula is C12H19N3O3S2. The fourth-order valence-electron chi connectivity index (χ4n) is 1.99. The summed E-state index contributed by atoms with van der Waals surface area (Å²) in [5.74, 6) is 0.176. The van der Waals surface area contributed by atoms with Gasteiger partial charge in [0.1, 0.15) is 14.8 Å². The molecule has 112 valence electrons. The van der Waals surface area contributed by atoms with Crippen LogP contribution in [0.3, 0.4) is 0 Å². The Balaban J connectivity index is 2.43. The zero-order valence-corrected chi connectivity index (χ0v) is 13.3. The second kappa shape index (κ2) is 5.25. The third kappa shape index (κ3) is 2.90. The standard InChI is InChI=1S/C12H19N3O3S2/c1-4-14-11(16)9-8(13)10(20(3,17)18)12(19-9)15-7-5-6(7)2/h6-7,15H,4-5,13H2,1-3H3,(H,14,16). The zero-order valence-electron chi connectivity index (χ0n) is 11.7. The number of hydrogen-bond acceptors (Lipinski definition) is 6. The van der Waals surface area contributed by atoms with Crippen molar-refractivity contribution in [2.24, 2.45) is 5.92 Å². The van der Waals surface area contributed by atoms with E-state index in [1.54, 1.807) is 6.92 Å². The highest BCUT2D eigenvalue weighted by Gasteiger charge is 2.35. The van der Waals surface area contributed by atoms with E-state index >= 15 is 0 Å². The summed E-state index contributed by atoms with van der Waals surface area (Å²) >= 11 is 1.10. The lowest BCUT2D eigenvalue weighted by atomic mass is 10.3. The molecule has 4 N–H and O–H groups in total. The number of nitrogens with two attached hydrogens (primary N) is 1. The van der Waals surface area contributed by atoms with Crippen LogP contribution >= 0.6 is 11.3 Å². The van der Waals surface area contributed by atoms with Gasteiger partial charge in [-0.1, -0.05) is 6.92 Å². The number of nitrogens with one attached hydrogen (secondary N) is 2. The Morgan fingerprint density at radius 1 is 1.50 bits per heavy atom. The Morgan fingerprint density at radius 2 is 2.10 bits per heavy atom. The van der Waals surface area contributed by atoms with Gasteiger partial charge < -0.3 is 16.4 Å². The fraction of sp³-hybridized carbons (Fsp3) is 0.583. The van der Waals surface area contributed by atoms with Crippen molar-refractivity contribution in [1.29, 1.82) is 0 Å². The summed E-state index contributed by atoms with van der Waals surface area (Å²) in [7, 11) is -3.48. The molecule has 1 fully saturated rings. The molecule has 1 aromatic rings. The van der Waals surface area contributed by atoms with E-state index in [1.807, 2.05) is 0 Å². The molecule has 0 bridgehead atoms. The van der Waals surface area contributed by atoms with E-state index in [1.165, 1.54) is 0 Å². The van der Waals surface area contributed by atoms with Crippen molar-refractivity contribution in [1.82, 2.24) is 5.32 Å². The van der Waals surface area contributed by atoms with E-state index in [4.69, 9.17) is 5.73 Å². The number of carbonyl (C=O) groups excluding carboxylic acids is 1. The molecule has 2 rings (SSSR count). The molecule has 0 aromatic carbocycles. The SMILES string of the molecule is CCNC(=O)c1sc(NC2CC2C)c(S(C)(=O)=O)c1N. The van der Waals surface area contributed by atoms with E-state index in [9.17, 15) is 13.2 Å². The maximum Gasteiger partial charge on any atom is 0.263 e. The maximum absolute atomic E-state index is 11.9. The van der Waals surface area contributed by atoms with E-state index in [-0.39, 0.29) is 27.4 Å². The quantitative estimate of drug-likeness (QED) is 0.760. The van der Waals surface area contributed by atoms with Crippen molar-refractivity contribution in [3.8, 4) is 0 Å². The van der Waals surface area contributed by atoms with Gasteiger partial charge in [0.2, 0.25) is 0 Å². The summed E-state index contributed by atoms with van der Waals surface area (Å²) in [4.78, 5) is 12.2. The van der Waals surface area contributed by atoms with Gasteiger partial charge in [-0.25, -0.2) is 8.42 Å². The monoisotopic (exact) mass is 317 g/mol. The van der Waals surface area contributed by atoms with Gasteiger partial charge in [0.25, 0.3) is 5.91 Å². The maximum atomic E-state index is 11.9. The highest BCUT2D eigenvalue weighted by atomic mass is 32.2. The van der Waals surface area contributed by atoms with Gasteiger partial charge in [0.15, 0.2) is 9.84 Å². The molecule has 0 radical (unpaired) electrons. The highest BCUT2D eigenvalue weighted by Crippen LogP contribution is 2.42. The first-order valence-electron chi connectivity index (χ1n) is 6.42. The van der Waals surface area contributed by atoms with Gasteiger partial charge in [-0.15, -0.1) is 11.3 Å². The number of thiophene rings is 1. The normalized spacial score (nSPS) is 21.6. The van der Waals surface area contributed by atoms with Crippen molar-refractivity contribution in [3.63, 3.8) is 0 Å². The van der Waals surface area contributed by atoms with Crippen LogP contribution in [0.4, 0.5) is 10.7 Å². The summed E-state index contributed by atoms with van der Waals surface area (Å²) in [6.45, 7) is 4.34. The number of nitrogen functional groups attached to an aromatic ring is 1. The molecule has 2 atom stereocenters. The number of hydrogen-bond donors (Lipinski definition) is 3. The Labute approximate surface area is 122 Å². The van der Waals surface area contributed by atoms with Crippen molar-refractivity contribution >= 4 is 37.8 Å². The lowest BCUT2D eigenvalue weighted by Crippen LogP contribution is -2.22. The van der Waals surface area contributed by atoms with Crippen LogP contribution < -0.4 is 16.4 Å². The third-order valence-corrected chi connectivity index (χ3v) is 5.67. The van der Waals surface area contributed by atoms with Gasteiger partial charge in [0, 0.05) is 18.8 Å². The van der Waals surface area contributed by atoms with E-state index in [0.29, 0.717) is 17.5 Å². The van der Waals surface area contributed by atoms with Crippen LogP contribution in [0.1, 0.15) is 29.9 Å². The first kappa shape index (κ1) is 15.1. The zero-order chi connectivity index (χ0) is 15.1. The summed E-state index contributed by atoms with van der Waals surface area (Å²) < 4.78 is 23.8. The van der Waals surface area contributed by atoms with Gasteiger partial charge in [-0.3, -0.25) is 4.79 Å². The Hall–Kier alpha value is -1.28. The molecule has 0 saturated heterocycles. The van der Waals surface area contributed by atoms with Crippen molar-refractivity contribution in [2.45, 2.75) is 31.2 Å². The lowest BCUT2D eigenvalue weighted by molar-refractivity contribution is 0.0960. The van der Waals surface area contributed by atoms with Crippen LogP contribution in [0.15, 0.2) is 4.90 Å². The molecule has 1 aromatic heterocycles. The van der Waals surface area contributed by atoms with Gasteiger partial charge in [-0.2, -0.15) is 0 Å². The summed E-state index contributed by atoms with van der Waals surface area (Å²) in [6.07, 6.45) is 2.10. The van der Waals surface area contributed by atoms with Crippen LogP contribution in [0.25, 0.3) is 0 Å². The molecule has 1 saturated carbocycles. The minimum Gasteiger partial charge on any atom is -0.396 e. The largest absolute Gasteiger partial charge is 0.396 e. The highest BCUT2D eigenvalue weighted by molar-refractivity contribution is 7.91. The number of anilines is 2. The van der Waals surface area contributed by atoms with Gasteiger partial charge in [-0.05, 0) is 19.3 Å². The summed E-state index contributed by atoms with van der Waals surface area (Å²) in [5, 5.41) is 6.29. The van der Waals surface area contributed by atoms with Crippen LogP contribution in [-0.4, -0.2) is 33.2 Å². The van der Waals surface area contributed by atoms with Crippen molar-refractivity contribution < 1.29 is 13.2 Å². The van der Waals surface area contributed by atoms with E-state index in [2.05, 4.69) is 17.6 Å². The number of amides is 1. The first-order chi connectivity index (χ1) is 9.25. The second-order valence-corrected chi connectivity index (χ2v) is 8.07. The first-order valence-corrected chi connectivity index (χ1v) is 9.13. The lowest BCUT2D eigenvalue weighted by Gasteiger charge is -2.05. The van der Waals surface area contributed by atoms with Gasteiger partial charge >= 0.3 is 0 Å². The second-order valence-electron chi connectivity index (χ2n) is 5.10. The molecule has 8 heteroatoms. The fourth-order valence-corrected chi connectivity index (χ4v) is 4.53. The average Bonchev–Trinajstić information content (AvgIpc) is 2.87. The predicted molar refractivity (Wildman–Crippen MR) is 81.0 cm³/mol. The summed E-state index contributed by atoms with van der Waals surface area (Å²) in [6, 6.07) is 0.260. The van der Waals surface area contributed by atoms with Crippen LogP contribution in [0, 0.1) is 5.92 Å². The molecule has 6 nitrogen and oxygen atoms in total. The van der Waals surface area contributed by atoms with Crippen LogP contribution in [0.2, 0.25) is 0 Å². The molecule has 20 heavy (non-hydrogen) atoms. The molecule has 2 unspecified atom stereocenters. The molecule has 1 heterocycles. The molecular weight excluding hydrogens is 298 g/mol. The topological polar surface area (TPSA) is 101 Å². The number of sulfone groups is 1. The minimum atomic E-state index is -3.48. The van der Waals surface area contributed by atoms with Crippen LogP contribution in [-0.2, 0) is 9.84 Å². The van der Waals surface area contributed by atoms with Gasteiger partial charge in [0.05, 0.1) is 5.69 Å². The molecule has 1 aliphatic carbocycles. The van der Waals surface area contributed by atoms with Crippen LogP contribution in [0.5, 0.6) is 0 Å². The van der Waals surface area contributed by atoms with Crippen molar-refractivity contribution in [3.05, 3.63) is 4.88 Å². The molecule has 1 aliphatic rings. The summed E-state index contributed by atoms with van der Waals surface area (Å²) in [5.41, 5.74) is 5.92. The molecule has 1 amide bonds. The van der Waals surface area contributed by atoms with E-state index < -0.39 is 9.84 Å².